The molecule has 2 unspecified atom stereocenters. The minimum absolute atomic E-state index is 0.0766. The molecule has 0 spiro atoms. The summed E-state index contributed by atoms with van der Waals surface area (Å²) in [5.74, 6) is -0.103. The Hall–Kier alpha value is -2.51. The van der Waals surface area contributed by atoms with Crippen molar-refractivity contribution in [1.82, 2.24) is 14.9 Å². The van der Waals surface area contributed by atoms with Gasteiger partial charge in [0.1, 0.15) is 6.23 Å². The van der Waals surface area contributed by atoms with Gasteiger partial charge in [0.2, 0.25) is 5.91 Å². The zero-order valence-electron chi connectivity index (χ0n) is 29.7. The first kappa shape index (κ1) is 42.7. The van der Waals surface area contributed by atoms with Crippen molar-refractivity contribution >= 4 is 13.7 Å². The highest BCUT2D eigenvalue weighted by Gasteiger charge is 2.38. The normalized spacial score (nSPS) is 19.3. The van der Waals surface area contributed by atoms with Crippen molar-refractivity contribution in [2.45, 2.75) is 154 Å². The fourth-order valence-electron chi connectivity index (χ4n) is 5.62. The number of hydrogen-bond donors (Lipinski definition) is 3. The topological polar surface area (TPSA) is 207 Å². The van der Waals surface area contributed by atoms with Gasteiger partial charge in [0, 0.05) is 42.7 Å². The van der Waals surface area contributed by atoms with Crippen LogP contribution in [0.3, 0.4) is 0 Å². The molecular weight excluding hydrogens is 655 g/mol. The van der Waals surface area contributed by atoms with Crippen molar-refractivity contribution in [2.24, 2.45) is 5.11 Å². The molecule has 2 heterocycles. The summed E-state index contributed by atoms with van der Waals surface area (Å²) in [5, 5.41) is 6.57. The smallest absolute Gasteiger partial charge is 0.374 e. The van der Waals surface area contributed by atoms with Gasteiger partial charge in [0.25, 0.3) is 5.56 Å². The Morgan fingerprint density at radius 2 is 1.67 bits per heavy atom. The van der Waals surface area contributed by atoms with Crippen LogP contribution in [0.2, 0.25) is 0 Å². The van der Waals surface area contributed by atoms with Crippen LogP contribution < -0.4 is 16.6 Å². The summed E-state index contributed by atoms with van der Waals surface area (Å²) >= 11 is 0. The van der Waals surface area contributed by atoms with Crippen LogP contribution in [0.15, 0.2) is 20.9 Å². The van der Waals surface area contributed by atoms with E-state index in [9.17, 15) is 23.8 Å². The molecular formula is C33H59N6O9P. The Morgan fingerprint density at radius 3 is 2.31 bits per heavy atom. The Kier molecular flexibility index (Phi) is 21.4. The molecule has 0 aliphatic carbocycles. The molecule has 0 saturated carbocycles. The number of nitrogens with zero attached hydrogens (tertiary/aromatic N) is 4. The summed E-state index contributed by atoms with van der Waals surface area (Å²) in [7, 11) is -4.63. The second-order valence-corrected chi connectivity index (χ2v) is 14.3. The second-order valence-electron chi connectivity index (χ2n) is 12.8. The summed E-state index contributed by atoms with van der Waals surface area (Å²) in [5.41, 5.74) is 8.08. The number of azide groups is 1. The van der Waals surface area contributed by atoms with Crippen LogP contribution in [-0.2, 0) is 27.9 Å². The summed E-state index contributed by atoms with van der Waals surface area (Å²) in [4.78, 5) is 52.1. The number of aromatic amines is 1. The van der Waals surface area contributed by atoms with Gasteiger partial charge in [0.15, 0.2) is 0 Å². The molecule has 16 heteroatoms. The quantitative estimate of drug-likeness (QED) is 0.0276. The maximum atomic E-state index is 12.9. The van der Waals surface area contributed by atoms with Crippen LogP contribution in [-0.4, -0.2) is 65.0 Å². The average Bonchev–Trinajstić information content (AvgIpc) is 3.47. The largest absolute Gasteiger partial charge is 0.472 e. The maximum Gasteiger partial charge on any atom is 0.472 e. The SMILES string of the molecule is CCCCCCCCCCCC(=O)NCC(COP(=O)(O)OC[C@H]1O[C@@H](n2cc(C)c(=O)[nH]c2=O)C[C@@H]1N=[N+]=[N-])OCCCCCCCC. The molecule has 0 bridgehead atoms. The molecule has 0 aromatic carbocycles. The molecule has 2 rings (SSSR count). The summed E-state index contributed by atoms with van der Waals surface area (Å²) in [6, 6.07) is -0.816. The third-order valence-electron chi connectivity index (χ3n) is 8.57. The highest BCUT2D eigenvalue weighted by atomic mass is 31.2. The minimum Gasteiger partial charge on any atom is -0.374 e. The first-order valence-corrected chi connectivity index (χ1v) is 19.6. The molecule has 1 aliphatic rings. The van der Waals surface area contributed by atoms with Crippen molar-refractivity contribution in [2.75, 3.05) is 26.4 Å². The second kappa shape index (κ2) is 24.6. The Labute approximate surface area is 290 Å². The lowest BCUT2D eigenvalue weighted by Gasteiger charge is -2.22. The van der Waals surface area contributed by atoms with E-state index in [2.05, 4.69) is 34.2 Å². The predicted molar refractivity (Wildman–Crippen MR) is 187 cm³/mol. The standard InChI is InChI=1S/C33H59N6O9P/c1-4-6-8-10-12-13-14-15-17-19-30(40)35-22-27(45-20-18-16-11-9-7-5-2)24-46-49(43,44)47-25-29-28(37-38-34)21-31(48-29)39-23-26(3)32(41)36-33(39)42/h23,27-29,31H,4-22,24-25H2,1-3H3,(H,35,40)(H,43,44)(H,36,41,42)/t27?,28-,29+,31+/m0/s1. The van der Waals surface area contributed by atoms with Crippen LogP contribution in [0.4, 0.5) is 0 Å². The van der Waals surface area contributed by atoms with Gasteiger partial charge in [-0.15, -0.1) is 0 Å². The molecule has 1 aliphatic heterocycles. The van der Waals surface area contributed by atoms with Gasteiger partial charge in [-0.3, -0.25) is 28.2 Å². The Bertz CT molecular complexity index is 1300. The number of aryl methyl sites for hydroxylation is 1. The number of carbonyl (C=O) groups is 1. The van der Waals surface area contributed by atoms with Gasteiger partial charge in [0.05, 0.1) is 31.5 Å². The lowest BCUT2D eigenvalue weighted by atomic mass is 10.1. The van der Waals surface area contributed by atoms with Crippen molar-refractivity contribution in [3.8, 4) is 0 Å². The molecule has 49 heavy (non-hydrogen) atoms. The predicted octanol–water partition coefficient (Wildman–Crippen LogP) is 6.73. The molecule has 280 valence electrons. The molecule has 5 atom stereocenters. The molecule has 1 saturated heterocycles. The average molecular weight is 715 g/mol. The number of H-pyrrole nitrogens is 1. The van der Waals surface area contributed by atoms with E-state index >= 15 is 0 Å². The molecule has 15 nitrogen and oxygen atoms in total. The fraction of sp³-hybridized carbons (Fsp3) is 0.848. The monoisotopic (exact) mass is 714 g/mol. The molecule has 1 aromatic heterocycles. The van der Waals surface area contributed by atoms with E-state index in [-0.39, 0.29) is 31.0 Å². The number of unbranched alkanes of at least 4 members (excludes halogenated alkanes) is 13. The molecule has 0 radical (unpaired) electrons. The lowest BCUT2D eigenvalue weighted by Crippen LogP contribution is -2.36. The molecule has 1 aromatic rings. The number of aromatic nitrogens is 2. The van der Waals surface area contributed by atoms with Crippen LogP contribution in [0.5, 0.6) is 0 Å². The zero-order valence-corrected chi connectivity index (χ0v) is 30.6. The highest BCUT2D eigenvalue weighted by Crippen LogP contribution is 2.44. The van der Waals surface area contributed by atoms with E-state index in [0.717, 1.165) is 51.4 Å². The highest BCUT2D eigenvalue weighted by molar-refractivity contribution is 7.47. The number of hydrogen-bond acceptors (Lipinski definition) is 9. The number of phosphoric acid groups is 1. The number of carbonyl (C=O) groups excluding carboxylic acids is 1. The number of amides is 1. The van der Waals surface area contributed by atoms with Gasteiger partial charge in [-0.25, -0.2) is 9.36 Å². The van der Waals surface area contributed by atoms with Gasteiger partial charge < -0.3 is 19.7 Å². The third kappa shape index (κ3) is 17.8. The molecule has 3 N–H and O–H groups in total. The summed E-state index contributed by atoms with van der Waals surface area (Å²) in [6.45, 7) is 5.66. The third-order valence-corrected chi connectivity index (χ3v) is 9.52. The zero-order chi connectivity index (χ0) is 35.9. The first-order chi connectivity index (χ1) is 23.6. The van der Waals surface area contributed by atoms with Gasteiger partial charge >= 0.3 is 13.5 Å². The fourth-order valence-corrected chi connectivity index (χ4v) is 6.38. The van der Waals surface area contributed by atoms with Gasteiger partial charge in [-0.1, -0.05) is 102 Å². The van der Waals surface area contributed by atoms with Gasteiger partial charge in [-0.05, 0) is 25.3 Å². The van der Waals surface area contributed by atoms with E-state index in [1.807, 2.05) is 0 Å². The van der Waals surface area contributed by atoms with Crippen LogP contribution in [0.1, 0.15) is 135 Å². The number of phosphoric ester groups is 1. The molecule has 1 fully saturated rings. The van der Waals surface area contributed by atoms with Crippen LogP contribution in [0.25, 0.3) is 10.4 Å². The van der Waals surface area contributed by atoms with Crippen molar-refractivity contribution in [1.29, 1.82) is 0 Å². The van der Waals surface area contributed by atoms with Crippen molar-refractivity contribution in [3.63, 3.8) is 0 Å². The van der Waals surface area contributed by atoms with E-state index in [0.29, 0.717) is 13.0 Å². The number of rotatable bonds is 28. The number of nitrogens with one attached hydrogen (secondary N) is 2. The van der Waals surface area contributed by atoms with Gasteiger partial charge in [-0.2, -0.15) is 0 Å². The summed E-state index contributed by atoms with van der Waals surface area (Å²) < 4.78 is 36.3. The molecule has 1 amide bonds. The Morgan fingerprint density at radius 1 is 1.06 bits per heavy atom. The minimum atomic E-state index is -4.63. The van der Waals surface area contributed by atoms with Crippen molar-refractivity contribution < 1.29 is 32.8 Å². The lowest BCUT2D eigenvalue weighted by molar-refractivity contribution is -0.122. The van der Waals surface area contributed by atoms with Crippen LogP contribution in [0, 0.1) is 6.92 Å². The van der Waals surface area contributed by atoms with E-state index < -0.39 is 50.2 Å². The first-order valence-electron chi connectivity index (χ1n) is 18.1. The van der Waals surface area contributed by atoms with E-state index in [1.165, 1.54) is 62.6 Å². The van der Waals surface area contributed by atoms with E-state index in [4.69, 9.17) is 24.1 Å². The number of ether oxygens (including phenoxy) is 2. The maximum absolute atomic E-state index is 12.9. The Balaban J connectivity index is 1.86. The summed E-state index contributed by atoms with van der Waals surface area (Å²) in [6.07, 6.45) is 16.1. The van der Waals surface area contributed by atoms with E-state index in [1.54, 1.807) is 0 Å². The van der Waals surface area contributed by atoms with Crippen LogP contribution >= 0.6 is 7.82 Å². The van der Waals surface area contributed by atoms with Crippen molar-refractivity contribution in [3.05, 3.63) is 43.0 Å².